The highest BCUT2D eigenvalue weighted by Crippen LogP contribution is 2.49. The van der Waals surface area contributed by atoms with Gasteiger partial charge in [0.15, 0.2) is 5.82 Å². The standard InChI is InChI=1S/C14H19N3O2/c1-8(12-7-9-2-3-10(12)6-9)16-13-11(14(18)19)4-5-15-17-13/h4-5,8-10,12H,2-3,6-7H2,1H3,(H,16,17)(H,18,19). The monoisotopic (exact) mass is 261 g/mol. The molecule has 2 fully saturated rings. The zero-order valence-electron chi connectivity index (χ0n) is 11.0. The number of hydrogen-bond acceptors (Lipinski definition) is 4. The lowest BCUT2D eigenvalue weighted by atomic mass is 9.84. The van der Waals surface area contributed by atoms with Crippen LogP contribution in [0.3, 0.4) is 0 Å². The summed E-state index contributed by atoms with van der Waals surface area (Å²) in [4.78, 5) is 11.1. The predicted molar refractivity (Wildman–Crippen MR) is 71.0 cm³/mol. The highest BCUT2D eigenvalue weighted by molar-refractivity contribution is 5.92. The number of aromatic nitrogens is 2. The Morgan fingerprint density at radius 2 is 2.32 bits per heavy atom. The van der Waals surface area contributed by atoms with Gasteiger partial charge in [-0.2, -0.15) is 5.10 Å². The number of carboxylic acids is 1. The summed E-state index contributed by atoms with van der Waals surface area (Å²) >= 11 is 0. The Kier molecular flexibility index (Phi) is 3.12. The van der Waals surface area contributed by atoms with Crippen molar-refractivity contribution in [2.75, 3.05) is 5.32 Å². The van der Waals surface area contributed by atoms with E-state index < -0.39 is 5.97 Å². The van der Waals surface area contributed by atoms with Crippen molar-refractivity contribution >= 4 is 11.8 Å². The summed E-state index contributed by atoms with van der Waals surface area (Å²) in [6.45, 7) is 2.13. The molecule has 0 spiro atoms. The minimum absolute atomic E-state index is 0.199. The van der Waals surface area contributed by atoms with Gasteiger partial charge in [0.2, 0.25) is 0 Å². The van der Waals surface area contributed by atoms with Gasteiger partial charge in [0, 0.05) is 6.04 Å². The quantitative estimate of drug-likeness (QED) is 0.870. The van der Waals surface area contributed by atoms with Gasteiger partial charge in [0.1, 0.15) is 5.56 Å². The van der Waals surface area contributed by atoms with Crippen molar-refractivity contribution in [2.45, 2.75) is 38.6 Å². The lowest BCUT2D eigenvalue weighted by molar-refractivity contribution is 0.0697. The number of carboxylic acid groups (broad SMARTS) is 1. The lowest BCUT2D eigenvalue weighted by Gasteiger charge is -2.29. The fourth-order valence-corrected chi connectivity index (χ4v) is 3.84. The zero-order chi connectivity index (χ0) is 13.4. The topological polar surface area (TPSA) is 75.1 Å². The molecular weight excluding hydrogens is 242 g/mol. The van der Waals surface area contributed by atoms with Crippen LogP contribution in [0.5, 0.6) is 0 Å². The molecule has 2 saturated carbocycles. The first-order valence-electron chi connectivity index (χ1n) is 6.96. The van der Waals surface area contributed by atoms with Gasteiger partial charge in [0.25, 0.3) is 0 Å². The maximum Gasteiger partial charge on any atom is 0.339 e. The second-order valence-electron chi connectivity index (χ2n) is 5.87. The van der Waals surface area contributed by atoms with Crippen molar-refractivity contribution in [1.82, 2.24) is 10.2 Å². The molecular formula is C14H19N3O2. The molecule has 2 N–H and O–H groups in total. The molecule has 0 radical (unpaired) electrons. The number of nitrogens with one attached hydrogen (secondary N) is 1. The van der Waals surface area contributed by atoms with Crippen LogP contribution in [0.15, 0.2) is 12.3 Å². The Bertz CT molecular complexity index is 491. The average Bonchev–Trinajstić information content (AvgIpc) is 3.01. The summed E-state index contributed by atoms with van der Waals surface area (Å²) < 4.78 is 0. The smallest absolute Gasteiger partial charge is 0.339 e. The normalized spacial score (nSPS) is 30.3. The number of carbonyl (C=O) groups is 1. The van der Waals surface area contributed by atoms with Gasteiger partial charge in [-0.25, -0.2) is 4.79 Å². The van der Waals surface area contributed by atoms with Crippen LogP contribution in [0.25, 0.3) is 0 Å². The van der Waals surface area contributed by atoms with Crippen LogP contribution in [0.2, 0.25) is 0 Å². The van der Waals surface area contributed by atoms with Crippen LogP contribution in [-0.4, -0.2) is 27.3 Å². The third kappa shape index (κ3) is 2.29. The minimum Gasteiger partial charge on any atom is -0.478 e. The van der Waals surface area contributed by atoms with Crippen molar-refractivity contribution < 1.29 is 9.90 Å². The molecule has 4 atom stereocenters. The predicted octanol–water partition coefficient (Wildman–Crippen LogP) is 2.41. The van der Waals surface area contributed by atoms with Gasteiger partial charge in [-0.05, 0) is 50.0 Å². The first-order chi connectivity index (χ1) is 9.15. The Hall–Kier alpha value is -1.65. The van der Waals surface area contributed by atoms with Crippen LogP contribution < -0.4 is 5.32 Å². The van der Waals surface area contributed by atoms with Crippen LogP contribution in [0, 0.1) is 17.8 Å². The maximum absolute atomic E-state index is 11.1. The molecule has 0 aromatic carbocycles. The summed E-state index contributed by atoms with van der Waals surface area (Å²) in [5, 5.41) is 20.1. The zero-order valence-corrected chi connectivity index (χ0v) is 11.0. The molecule has 0 aliphatic heterocycles. The summed E-state index contributed by atoms with van der Waals surface area (Å²) in [5.74, 6) is 1.77. The molecule has 1 aromatic heterocycles. The third-order valence-electron chi connectivity index (χ3n) is 4.75. The molecule has 2 bridgehead atoms. The Morgan fingerprint density at radius 1 is 1.47 bits per heavy atom. The van der Waals surface area contributed by atoms with Gasteiger partial charge in [0.05, 0.1) is 6.20 Å². The molecule has 1 heterocycles. The van der Waals surface area contributed by atoms with E-state index in [-0.39, 0.29) is 11.6 Å². The minimum atomic E-state index is -0.961. The number of fused-ring (bicyclic) bond motifs is 2. The van der Waals surface area contributed by atoms with Gasteiger partial charge in [-0.1, -0.05) is 6.42 Å². The Morgan fingerprint density at radius 3 is 2.95 bits per heavy atom. The molecule has 4 unspecified atom stereocenters. The van der Waals surface area contributed by atoms with Crippen LogP contribution in [0.4, 0.5) is 5.82 Å². The van der Waals surface area contributed by atoms with E-state index in [9.17, 15) is 4.79 Å². The number of nitrogens with zero attached hydrogens (tertiary/aromatic N) is 2. The Balaban J connectivity index is 1.73. The van der Waals surface area contributed by atoms with E-state index in [0.717, 1.165) is 11.8 Å². The highest BCUT2D eigenvalue weighted by atomic mass is 16.4. The van der Waals surface area contributed by atoms with Gasteiger partial charge in [-0.15, -0.1) is 5.10 Å². The Labute approximate surface area is 112 Å². The number of aromatic carboxylic acids is 1. The molecule has 5 heteroatoms. The summed E-state index contributed by atoms with van der Waals surface area (Å²) in [6, 6.07) is 1.75. The molecule has 2 aliphatic rings. The summed E-state index contributed by atoms with van der Waals surface area (Å²) in [5.41, 5.74) is 0.199. The number of hydrogen-bond donors (Lipinski definition) is 2. The first-order valence-corrected chi connectivity index (χ1v) is 6.96. The summed E-state index contributed by atoms with van der Waals surface area (Å²) in [7, 11) is 0. The van der Waals surface area contributed by atoms with Crippen molar-refractivity contribution in [3.63, 3.8) is 0 Å². The van der Waals surface area contributed by atoms with Gasteiger partial charge in [-0.3, -0.25) is 0 Å². The van der Waals surface area contributed by atoms with Crippen LogP contribution in [-0.2, 0) is 0 Å². The highest BCUT2D eigenvalue weighted by Gasteiger charge is 2.42. The third-order valence-corrected chi connectivity index (χ3v) is 4.75. The van der Waals surface area contributed by atoms with E-state index in [1.54, 1.807) is 0 Å². The molecule has 1 aromatic rings. The molecule has 2 aliphatic carbocycles. The number of anilines is 1. The second kappa shape index (κ2) is 4.79. The van der Waals surface area contributed by atoms with E-state index in [4.69, 9.17) is 5.11 Å². The molecule has 102 valence electrons. The number of rotatable bonds is 4. The van der Waals surface area contributed by atoms with Gasteiger partial charge >= 0.3 is 5.97 Å². The van der Waals surface area contributed by atoms with Gasteiger partial charge < -0.3 is 10.4 Å². The van der Waals surface area contributed by atoms with E-state index in [1.165, 1.54) is 37.9 Å². The van der Waals surface area contributed by atoms with Crippen LogP contribution in [0.1, 0.15) is 43.0 Å². The van der Waals surface area contributed by atoms with Crippen molar-refractivity contribution in [3.05, 3.63) is 17.8 Å². The molecule has 3 rings (SSSR count). The molecule has 5 nitrogen and oxygen atoms in total. The fourth-order valence-electron chi connectivity index (χ4n) is 3.84. The molecule has 0 saturated heterocycles. The maximum atomic E-state index is 11.1. The van der Waals surface area contributed by atoms with Crippen molar-refractivity contribution in [3.8, 4) is 0 Å². The van der Waals surface area contributed by atoms with E-state index in [0.29, 0.717) is 11.7 Å². The van der Waals surface area contributed by atoms with E-state index >= 15 is 0 Å². The molecule has 19 heavy (non-hydrogen) atoms. The van der Waals surface area contributed by atoms with Crippen molar-refractivity contribution in [2.24, 2.45) is 17.8 Å². The lowest BCUT2D eigenvalue weighted by Crippen LogP contribution is -2.31. The fraction of sp³-hybridized carbons (Fsp3) is 0.643. The van der Waals surface area contributed by atoms with E-state index in [2.05, 4.69) is 22.4 Å². The average molecular weight is 261 g/mol. The second-order valence-corrected chi connectivity index (χ2v) is 5.87. The SMILES string of the molecule is CC(Nc1nnccc1C(=O)O)C1CC2CCC1C2. The van der Waals surface area contributed by atoms with Crippen LogP contribution >= 0.6 is 0 Å². The molecule has 0 amide bonds. The summed E-state index contributed by atoms with van der Waals surface area (Å²) in [6.07, 6.45) is 6.73. The largest absolute Gasteiger partial charge is 0.478 e. The van der Waals surface area contributed by atoms with E-state index in [1.807, 2.05) is 0 Å². The van der Waals surface area contributed by atoms with Crippen molar-refractivity contribution in [1.29, 1.82) is 0 Å². The first kappa shape index (κ1) is 12.4.